The third-order valence-electron chi connectivity index (χ3n) is 4.70. The van der Waals surface area contributed by atoms with Gasteiger partial charge < -0.3 is 5.32 Å². The first kappa shape index (κ1) is 17.8. The number of quaternary nitrogens is 1. The topological polar surface area (TPSA) is 29.5 Å². The van der Waals surface area contributed by atoms with E-state index in [4.69, 9.17) is 11.6 Å². The molecule has 0 saturated heterocycles. The fourth-order valence-electron chi connectivity index (χ4n) is 2.88. The van der Waals surface area contributed by atoms with Gasteiger partial charge in [-0.15, -0.1) is 0 Å². The predicted molar refractivity (Wildman–Crippen MR) is 96.6 cm³/mol. The van der Waals surface area contributed by atoms with Crippen LogP contribution in [0.1, 0.15) is 35.2 Å². The summed E-state index contributed by atoms with van der Waals surface area (Å²) in [4.78, 5) is 4.55. The van der Waals surface area contributed by atoms with Crippen LogP contribution < -0.4 is 5.32 Å². The molecule has 0 saturated carbocycles. The standard InChI is InChI=1S/C20H19ClF2N2/c1-11-4-5-15-8-16(20(21)25-19(15)12(11)2)10-24-13(3)14-6-7-17(22)18(23)9-14/h4-9,13,24H,10H2,1-3H3/p+1/t13-/m1/s1. The lowest BCUT2D eigenvalue weighted by Gasteiger charge is -2.13. The molecule has 0 aliphatic heterocycles. The number of nitrogens with two attached hydrogens (primary N) is 1. The summed E-state index contributed by atoms with van der Waals surface area (Å²) in [5, 5.41) is 3.56. The SMILES string of the molecule is Cc1ccc2cc(C[NH2+][C@H](C)c3ccc(F)c(F)c3)c(Cl)nc2c1C. The molecule has 1 heterocycles. The smallest absolute Gasteiger partial charge is 0.159 e. The molecule has 5 heteroatoms. The molecular weight excluding hydrogens is 342 g/mol. The van der Waals surface area contributed by atoms with Gasteiger partial charge in [0.15, 0.2) is 11.6 Å². The second kappa shape index (κ2) is 7.06. The fourth-order valence-corrected chi connectivity index (χ4v) is 3.10. The van der Waals surface area contributed by atoms with Crippen molar-refractivity contribution in [3.05, 3.63) is 75.4 Å². The summed E-state index contributed by atoms with van der Waals surface area (Å²) in [6.07, 6.45) is 0. The second-order valence-corrected chi connectivity index (χ2v) is 6.78. The van der Waals surface area contributed by atoms with Crippen LogP contribution in [0.2, 0.25) is 5.15 Å². The predicted octanol–water partition coefficient (Wildman–Crippen LogP) is 4.61. The first-order valence-electron chi connectivity index (χ1n) is 8.20. The zero-order chi connectivity index (χ0) is 18.1. The van der Waals surface area contributed by atoms with Gasteiger partial charge in [-0.25, -0.2) is 13.8 Å². The highest BCUT2D eigenvalue weighted by Crippen LogP contribution is 2.24. The van der Waals surface area contributed by atoms with Crippen LogP contribution in [-0.4, -0.2) is 4.98 Å². The van der Waals surface area contributed by atoms with Gasteiger partial charge in [-0.2, -0.15) is 0 Å². The summed E-state index contributed by atoms with van der Waals surface area (Å²) in [6.45, 7) is 6.64. The zero-order valence-corrected chi connectivity index (χ0v) is 15.2. The van der Waals surface area contributed by atoms with Crippen LogP contribution in [0.4, 0.5) is 8.78 Å². The number of pyridine rings is 1. The first-order valence-corrected chi connectivity index (χ1v) is 8.58. The maximum atomic E-state index is 13.4. The van der Waals surface area contributed by atoms with Crippen LogP contribution in [0.15, 0.2) is 36.4 Å². The molecule has 0 bridgehead atoms. The Morgan fingerprint density at radius 3 is 2.56 bits per heavy atom. The molecule has 1 aromatic heterocycles. The second-order valence-electron chi connectivity index (χ2n) is 6.42. The fraction of sp³-hybridized carbons (Fsp3) is 0.250. The van der Waals surface area contributed by atoms with Gasteiger partial charge in [0.25, 0.3) is 0 Å². The molecule has 3 rings (SSSR count). The molecule has 0 unspecified atom stereocenters. The van der Waals surface area contributed by atoms with Gasteiger partial charge in [0, 0.05) is 16.5 Å². The number of nitrogens with zero attached hydrogens (tertiary/aromatic N) is 1. The molecule has 0 spiro atoms. The van der Waals surface area contributed by atoms with Crippen LogP contribution in [0.3, 0.4) is 0 Å². The minimum absolute atomic E-state index is 0.0263. The summed E-state index contributed by atoms with van der Waals surface area (Å²) in [5.74, 6) is -1.66. The van der Waals surface area contributed by atoms with Gasteiger partial charge in [0.1, 0.15) is 17.7 Å². The van der Waals surface area contributed by atoms with Crippen molar-refractivity contribution in [2.45, 2.75) is 33.4 Å². The molecule has 3 aromatic rings. The van der Waals surface area contributed by atoms with Crippen molar-refractivity contribution in [3.63, 3.8) is 0 Å². The van der Waals surface area contributed by atoms with E-state index in [0.717, 1.165) is 33.7 Å². The molecule has 0 radical (unpaired) electrons. The minimum atomic E-state index is -0.830. The molecule has 0 aliphatic rings. The minimum Gasteiger partial charge on any atom is -0.336 e. The Morgan fingerprint density at radius 2 is 1.84 bits per heavy atom. The van der Waals surface area contributed by atoms with Gasteiger partial charge in [-0.1, -0.05) is 23.7 Å². The molecule has 25 heavy (non-hydrogen) atoms. The zero-order valence-electron chi connectivity index (χ0n) is 14.4. The van der Waals surface area contributed by atoms with Gasteiger partial charge in [-0.05, 0) is 56.2 Å². The third-order valence-corrected chi connectivity index (χ3v) is 5.03. The third kappa shape index (κ3) is 3.65. The van der Waals surface area contributed by atoms with Crippen molar-refractivity contribution in [2.24, 2.45) is 0 Å². The largest absolute Gasteiger partial charge is 0.336 e. The highest BCUT2D eigenvalue weighted by molar-refractivity contribution is 6.30. The number of fused-ring (bicyclic) bond motifs is 1. The van der Waals surface area contributed by atoms with E-state index in [1.165, 1.54) is 11.6 Å². The average Bonchev–Trinajstić information content (AvgIpc) is 2.59. The lowest BCUT2D eigenvalue weighted by atomic mass is 10.0. The Bertz CT molecular complexity index is 941. The number of hydrogen-bond donors (Lipinski definition) is 1. The number of aryl methyl sites for hydroxylation is 2. The number of halogens is 3. The van der Waals surface area contributed by atoms with Crippen molar-refractivity contribution in [1.29, 1.82) is 0 Å². The van der Waals surface area contributed by atoms with Crippen LogP contribution in [0, 0.1) is 25.5 Å². The number of hydrogen-bond acceptors (Lipinski definition) is 1. The Morgan fingerprint density at radius 1 is 1.08 bits per heavy atom. The normalized spacial score (nSPS) is 12.6. The lowest BCUT2D eigenvalue weighted by Crippen LogP contribution is -2.83. The highest BCUT2D eigenvalue weighted by atomic mass is 35.5. The molecule has 0 fully saturated rings. The maximum Gasteiger partial charge on any atom is 0.159 e. The Kier molecular flexibility index (Phi) is 5.02. The van der Waals surface area contributed by atoms with Crippen LogP contribution in [0.5, 0.6) is 0 Å². The summed E-state index contributed by atoms with van der Waals surface area (Å²) >= 11 is 6.36. The van der Waals surface area contributed by atoms with E-state index in [0.29, 0.717) is 11.7 Å². The Balaban J connectivity index is 1.82. The van der Waals surface area contributed by atoms with E-state index < -0.39 is 11.6 Å². The van der Waals surface area contributed by atoms with Crippen LogP contribution in [-0.2, 0) is 6.54 Å². The van der Waals surface area contributed by atoms with Gasteiger partial charge in [0.2, 0.25) is 0 Å². The highest BCUT2D eigenvalue weighted by Gasteiger charge is 2.14. The van der Waals surface area contributed by atoms with Crippen molar-refractivity contribution < 1.29 is 14.1 Å². The molecule has 1 atom stereocenters. The van der Waals surface area contributed by atoms with E-state index in [2.05, 4.69) is 18.0 Å². The Hall–Kier alpha value is -2.04. The van der Waals surface area contributed by atoms with Crippen molar-refractivity contribution in [2.75, 3.05) is 0 Å². The van der Waals surface area contributed by atoms with Gasteiger partial charge in [-0.3, -0.25) is 0 Å². The van der Waals surface area contributed by atoms with E-state index >= 15 is 0 Å². The molecule has 2 aromatic carbocycles. The summed E-state index contributed by atoms with van der Waals surface area (Å²) in [7, 11) is 0. The van der Waals surface area contributed by atoms with Crippen molar-refractivity contribution in [1.82, 2.24) is 4.98 Å². The maximum absolute atomic E-state index is 13.4. The number of rotatable bonds is 4. The van der Waals surface area contributed by atoms with E-state index in [1.807, 2.05) is 31.3 Å². The van der Waals surface area contributed by atoms with E-state index in [-0.39, 0.29) is 6.04 Å². The summed E-state index contributed by atoms with van der Waals surface area (Å²) < 4.78 is 26.5. The van der Waals surface area contributed by atoms with Crippen LogP contribution >= 0.6 is 11.6 Å². The molecule has 2 N–H and O–H groups in total. The first-order chi connectivity index (χ1) is 11.9. The van der Waals surface area contributed by atoms with Crippen molar-refractivity contribution >= 4 is 22.5 Å². The van der Waals surface area contributed by atoms with Gasteiger partial charge >= 0.3 is 0 Å². The van der Waals surface area contributed by atoms with Gasteiger partial charge in [0.05, 0.1) is 5.52 Å². The van der Waals surface area contributed by atoms with E-state index in [9.17, 15) is 8.78 Å². The number of benzene rings is 2. The summed E-state index contributed by atoms with van der Waals surface area (Å²) in [6, 6.07) is 10.1. The Labute approximate surface area is 150 Å². The molecule has 2 nitrogen and oxygen atoms in total. The average molecular weight is 362 g/mol. The summed E-state index contributed by atoms with van der Waals surface area (Å²) in [5.41, 5.74) is 4.89. The monoisotopic (exact) mass is 361 g/mol. The quantitative estimate of drug-likeness (QED) is 0.676. The van der Waals surface area contributed by atoms with E-state index in [1.54, 1.807) is 6.07 Å². The lowest BCUT2D eigenvalue weighted by molar-refractivity contribution is -0.707. The molecule has 0 aliphatic carbocycles. The molecular formula is C20H20ClF2N2+. The van der Waals surface area contributed by atoms with Crippen LogP contribution in [0.25, 0.3) is 10.9 Å². The molecule has 130 valence electrons. The number of aromatic nitrogens is 1. The molecule has 0 amide bonds. The van der Waals surface area contributed by atoms with Crippen molar-refractivity contribution in [3.8, 4) is 0 Å².